The van der Waals surface area contributed by atoms with Crippen LogP contribution in [0.5, 0.6) is 0 Å². The molecule has 0 bridgehead atoms. The molecule has 0 aliphatic carbocycles. The molecule has 1 heterocycles. The van der Waals surface area contributed by atoms with E-state index in [1.54, 1.807) is 25.7 Å². The van der Waals surface area contributed by atoms with Gasteiger partial charge in [-0.3, -0.25) is 4.79 Å². The fraction of sp³-hybridized carbons (Fsp3) is 0.640. The molecule has 184 valence electrons. The average Bonchev–Trinajstić information content (AvgIpc) is 2.70. The van der Waals surface area contributed by atoms with E-state index in [-0.39, 0.29) is 17.9 Å². The van der Waals surface area contributed by atoms with E-state index in [1.165, 1.54) is 0 Å². The quantitative estimate of drug-likeness (QED) is 0.670. The number of amides is 3. The van der Waals surface area contributed by atoms with Crippen molar-refractivity contribution >= 4 is 18.1 Å². The summed E-state index contributed by atoms with van der Waals surface area (Å²) in [5.41, 5.74) is -0.226. The van der Waals surface area contributed by atoms with Crippen molar-refractivity contribution in [2.24, 2.45) is 5.92 Å². The summed E-state index contributed by atoms with van der Waals surface area (Å²) in [5, 5.41) is 5.69. The maximum absolute atomic E-state index is 13.0. The van der Waals surface area contributed by atoms with E-state index in [0.29, 0.717) is 26.1 Å². The Hall–Kier alpha value is -2.77. The van der Waals surface area contributed by atoms with Gasteiger partial charge in [0.2, 0.25) is 5.91 Å². The Morgan fingerprint density at radius 3 is 2.09 bits per heavy atom. The number of rotatable bonds is 6. The van der Waals surface area contributed by atoms with Crippen LogP contribution >= 0.6 is 0 Å². The zero-order chi connectivity index (χ0) is 24.6. The highest BCUT2D eigenvalue weighted by atomic mass is 16.6. The van der Waals surface area contributed by atoms with Crippen LogP contribution in [0.2, 0.25) is 0 Å². The summed E-state index contributed by atoms with van der Waals surface area (Å²) in [6.07, 6.45) is 1.01. The van der Waals surface area contributed by atoms with Crippen molar-refractivity contribution in [3.05, 3.63) is 35.9 Å². The highest BCUT2D eigenvalue weighted by Crippen LogP contribution is 2.19. The zero-order valence-corrected chi connectivity index (χ0v) is 20.8. The second kappa shape index (κ2) is 11.4. The maximum atomic E-state index is 13.0. The molecule has 1 aromatic rings. The molecule has 1 aromatic carbocycles. The monoisotopic (exact) mass is 461 g/mol. The van der Waals surface area contributed by atoms with Gasteiger partial charge in [-0.1, -0.05) is 30.3 Å². The molecule has 33 heavy (non-hydrogen) atoms. The predicted molar refractivity (Wildman–Crippen MR) is 127 cm³/mol. The number of nitrogens with zero attached hydrogens (tertiary/aromatic N) is 1. The normalized spacial score (nSPS) is 16.0. The Labute approximate surface area is 197 Å². The van der Waals surface area contributed by atoms with E-state index in [4.69, 9.17) is 9.47 Å². The van der Waals surface area contributed by atoms with Crippen molar-refractivity contribution in [1.82, 2.24) is 15.5 Å². The Morgan fingerprint density at radius 2 is 1.55 bits per heavy atom. The summed E-state index contributed by atoms with van der Waals surface area (Å²) < 4.78 is 10.8. The fourth-order valence-electron chi connectivity index (χ4n) is 3.52. The summed E-state index contributed by atoms with van der Waals surface area (Å²) in [6.45, 7) is 12.6. The van der Waals surface area contributed by atoms with E-state index in [0.717, 1.165) is 18.4 Å². The number of hydrogen-bond donors (Lipinski definition) is 2. The van der Waals surface area contributed by atoms with Crippen LogP contribution in [0.3, 0.4) is 0 Å². The number of ether oxygens (including phenoxy) is 2. The first kappa shape index (κ1) is 26.5. The second-order valence-corrected chi connectivity index (χ2v) is 10.5. The van der Waals surface area contributed by atoms with Gasteiger partial charge in [-0.05, 0) is 65.9 Å². The molecule has 0 aromatic heterocycles. The van der Waals surface area contributed by atoms with Gasteiger partial charge < -0.3 is 25.0 Å². The summed E-state index contributed by atoms with van der Waals surface area (Å²) in [5.74, 6) is 0.00539. The number of piperidine rings is 1. The summed E-state index contributed by atoms with van der Waals surface area (Å²) >= 11 is 0. The molecular weight excluding hydrogens is 422 g/mol. The standard InChI is InChI=1S/C25H39N3O5/c1-24(2,3)32-22(30)27-20(16-18-10-8-7-9-11-18)21(29)26-17-19-12-14-28(15-13-19)23(31)33-25(4,5)6/h7-11,19-20H,12-17H2,1-6H3,(H,26,29)(H,27,30)/t20-/m1/s1. The van der Waals surface area contributed by atoms with Crippen molar-refractivity contribution in [2.45, 2.75) is 78.0 Å². The molecule has 8 nitrogen and oxygen atoms in total. The van der Waals surface area contributed by atoms with Crippen LogP contribution in [-0.2, 0) is 20.7 Å². The van der Waals surface area contributed by atoms with E-state index in [2.05, 4.69) is 10.6 Å². The van der Waals surface area contributed by atoms with E-state index in [9.17, 15) is 14.4 Å². The number of carbonyl (C=O) groups excluding carboxylic acids is 3. The van der Waals surface area contributed by atoms with Gasteiger partial charge in [0.15, 0.2) is 0 Å². The van der Waals surface area contributed by atoms with Gasteiger partial charge in [-0.25, -0.2) is 9.59 Å². The van der Waals surface area contributed by atoms with Crippen LogP contribution in [0.1, 0.15) is 59.9 Å². The topological polar surface area (TPSA) is 97.0 Å². The zero-order valence-electron chi connectivity index (χ0n) is 20.8. The largest absolute Gasteiger partial charge is 0.444 e. The number of alkyl carbamates (subject to hydrolysis) is 1. The van der Waals surface area contributed by atoms with Crippen LogP contribution in [0, 0.1) is 5.92 Å². The number of carbonyl (C=O) groups is 3. The first-order chi connectivity index (χ1) is 15.3. The van der Waals surface area contributed by atoms with Gasteiger partial charge in [0.05, 0.1) is 0 Å². The molecule has 8 heteroatoms. The molecule has 2 rings (SSSR count). The Bertz CT molecular complexity index is 791. The third-order valence-electron chi connectivity index (χ3n) is 5.12. The summed E-state index contributed by atoms with van der Waals surface area (Å²) in [6, 6.07) is 8.80. The second-order valence-electron chi connectivity index (χ2n) is 10.5. The fourth-order valence-corrected chi connectivity index (χ4v) is 3.52. The molecule has 1 aliphatic rings. The van der Waals surface area contributed by atoms with Crippen LogP contribution in [0.4, 0.5) is 9.59 Å². The van der Waals surface area contributed by atoms with Gasteiger partial charge >= 0.3 is 12.2 Å². The number of likely N-dealkylation sites (tertiary alicyclic amines) is 1. The van der Waals surface area contributed by atoms with Crippen molar-refractivity contribution in [2.75, 3.05) is 19.6 Å². The van der Waals surface area contributed by atoms with Crippen LogP contribution < -0.4 is 10.6 Å². The molecule has 2 N–H and O–H groups in total. The molecule has 0 unspecified atom stereocenters. The molecule has 3 amide bonds. The van der Waals surface area contributed by atoms with Crippen molar-refractivity contribution in [1.29, 1.82) is 0 Å². The third kappa shape index (κ3) is 10.1. The molecule has 1 atom stereocenters. The minimum Gasteiger partial charge on any atom is -0.444 e. The van der Waals surface area contributed by atoms with Gasteiger partial charge in [0.1, 0.15) is 17.2 Å². The van der Waals surface area contributed by atoms with Crippen LogP contribution in [0.25, 0.3) is 0 Å². The molecule has 0 saturated carbocycles. The van der Waals surface area contributed by atoms with Gasteiger partial charge in [-0.15, -0.1) is 0 Å². The lowest BCUT2D eigenvalue weighted by molar-refractivity contribution is -0.123. The number of nitrogens with one attached hydrogen (secondary N) is 2. The molecule has 0 spiro atoms. The van der Waals surface area contributed by atoms with E-state index >= 15 is 0 Å². The number of hydrogen-bond acceptors (Lipinski definition) is 5. The highest BCUT2D eigenvalue weighted by Gasteiger charge is 2.29. The summed E-state index contributed by atoms with van der Waals surface area (Å²) in [4.78, 5) is 39.2. The summed E-state index contributed by atoms with van der Waals surface area (Å²) in [7, 11) is 0. The smallest absolute Gasteiger partial charge is 0.410 e. The first-order valence-electron chi connectivity index (χ1n) is 11.6. The minimum atomic E-state index is -0.746. The van der Waals surface area contributed by atoms with Gasteiger partial charge in [-0.2, -0.15) is 0 Å². The van der Waals surface area contributed by atoms with Crippen LogP contribution in [-0.4, -0.2) is 59.9 Å². The predicted octanol–water partition coefficient (Wildman–Crippen LogP) is 3.89. The lowest BCUT2D eigenvalue weighted by Crippen LogP contribution is -2.50. The van der Waals surface area contributed by atoms with Crippen molar-refractivity contribution < 1.29 is 23.9 Å². The van der Waals surface area contributed by atoms with Crippen LogP contribution in [0.15, 0.2) is 30.3 Å². The minimum absolute atomic E-state index is 0.251. The molecule has 1 saturated heterocycles. The molecular formula is C25H39N3O5. The van der Waals surface area contributed by atoms with E-state index < -0.39 is 23.3 Å². The van der Waals surface area contributed by atoms with Gasteiger partial charge in [0, 0.05) is 26.1 Å². The third-order valence-corrected chi connectivity index (χ3v) is 5.12. The first-order valence-corrected chi connectivity index (χ1v) is 11.6. The molecule has 1 aliphatic heterocycles. The SMILES string of the molecule is CC(C)(C)OC(=O)N[C@H](Cc1ccccc1)C(=O)NCC1CCN(C(=O)OC(C)(C)C)CC1. The average molecular weight is 462 g/mol. The lowest BCUT2D eigenvalue weighted by Gasteiger charge is -2.33. The highest BCUT2D eigenvalue weighted by molar-refractivity contribution is 5.86. The Morgan fingerprint density at radius 1 is 0.970 bits per heavy atom. The number of benzene rings is 1. The lowest BCUT2D eigenvalue weighted by atomic mass is 9.96. The Kier molecular flexibility index (Phi) is 9.14. The van der Waals surface area contributed by atoms with Gasteiger partial charge in [0.25, 0.3) is 0 Å². The Balaban J connectivity index is 1.89. The molecule has 1 fully saturated rings. The van der Waals surface area contributed by atoms with E-state index in [1.807, 2.05) is 51.1 Å². The molecule has 0 radical (unpaired) electrons. The maximum Gasteiger partial charge on any atom is 0.410 e. The van der Waals surface area contributed by atoms with Crippen molar-refractivity contribution in [3.63, 3.8) is 0 Å². The van der Waals surface area contributed by atoms with Crippen molar-refractivity contribution in [3.8, 4) is 0 Å².